The van der Waals surface area contributed by atoms with Gasteiger partial charge in [-0.3, -0.25) is 0 Å². The standard InChI is InChI=1S/C20H24N4OS.HI/c1-16(19-21-11-13-26-19)14-23-20(22-10-9-18-8-5-12-25-18)24-15-17-6-3-2-4-7-17;/h2-8,11-13,16H,9-10,14-15H2,1H3,(H2,22,23,24);1H. The van der Waals surface area contributed by atoms with E-state index in [1.165, 1.54) is 5.56 Å². The van der Waals surface area contributed by atoms with Crippen molar-refractivity contribution in [2.75, 3.05) is 13.1 Å². The third kappa shape index (κ3) is 7.34. The number of furan rings is 1. The van der Waals surface area contributed by atoms with Gasteiger partial charge in [0.15, 0.2) is 5.96 Å². The Kier molecular flexibility index (Phi) is 9.34. The lowest BCUT2D eigenvalue weighted by Crippen LogP contribution is -2.40. The highest BCUT2D eigenvalue weighted by atomic mass is 127. The Morgan fingerprint density at radius 3 is 2.74 bits per heavy atom. The smallest absolute Gasteiger partial charge is 0.191 e. The predicted molar refractivity (Wildman–Crippen MR) is 122 cm³/mol. The molecule has 0 radical (unpaired) electrons. The van der Waals surface area contributed by atoms with Gasteiger partial charge in [-0.2, -0.15) is 0 Å². The maximum atomic E-state index is 5.38. The molecule has 1 unspecified atom stereocenters. The maximum Gasteiger partial charge on any atom is 0.191 e. The summed E-state index contributed by atoms with van der Waals surface area (Å²) in [5.74, 6) is 2.11. The van der Waals surface area contributed by atoms with Crippen LogP contribution in [0.25, 0.3) is 0 Å². The third-order valence-corrected chi connectivity index (χ3v) is 4.96. The molecular weight excluding hydrogens is 471 g/mol. The lowest BCUT2D eigenvalue weighted by molar-refractivity contribution is 0.506. The summed E-state index contributed by atoms with van der Waals surface area (Å²) in [7, 11) is 0. The molecule has 0 fully saturated rings. The third-order valence-electron chi connectivity index (χ3n) is 3.96. The topological polar surface area (TPSA) is 62.5 Å². The van der Waals surface area contributed by atoms with Crippen molar-refractivity contribution in [2.24, 2.45) is 4.99 Å². The quantitative estimate of drug-likeness (QED) is 0.275. The second-order valence-electron chi connectivity index (χ2n) is 6.06. The number of guanidine groups is 1. The molecule has 0 bridgehead atoms. The van der Waals surface area contributed by atoms with Crippen molar-refractivity contribution < 1.29 is 4.42 Å². The summed E-state index contributed by atoms with van der Waals surface area (Å²) in [4.78, 5) is 9.10. The van der Waals surface area contributed by atoms with Crippen molar-refractivity contribution in [1.82, 2.24) is 15.6 Å². The van der Waals surface area contributed by atoms with E-state index in [-0.39, 0.29) is 24.0 Å². The van der Waals surface area contributed by atoms with E-state index in [9.17, 15) is 0 Å². The molecule has 3 rings (SSSR count). The highest BCUT2D eigenvalue weighted by molar-refractivity contribution is 14.0. The van der Waals surface area contributed by atoms with Gasteiger partial charge in [-0.05, 0) is 17.7 Å². The second-order valence-corrected chi connectivity index (χ2v) is 6.99. The van der Waals surface area contributed by atoms with Crippen LogP contribution in [0.15, 0.2) is 69.7 Å². The summed E-state index contributed by atoms with van der Waals surface area (Å²) in [6.45, 7) is 4.36. The summed E-state index contributed by atoms with van der Waals surface area (Å²) in [5, 5.41) is 9.97. The Labute approximate surface area is 181 Å². The molecule has 0 amide bonds. The number of thiazole rings is 1. The van der Waals surface area contributed by atoms with E-state index in [4.69, 9.17) is 9.41 Å². The van der Waals surface area contributed by atoms with Gasteiger partial charge in [0.25, 0.3) is 0 Å². The van der Waals surface area contributed by atoms with Crippen LogP contribution in [0.3, 0.4) is 0 Å². The van der Waals surface area contributed by atoms with Gasteiger partial charge < -0.3 is 15.1 Å². The van der Waals surface area contributed by atoms with Crippen molar-refractivity contribution in [3.8, 4) is 0 Å². The molecule has 2 N–H and O–H groups in total. The zero-order valence-corrected chi connectivity index (χ0v) is 18.4. The molecule has 1 aromatic carbocycles. The first-order chi connectivity index (χ1) is 12.8. The Balaban J connectivity index is 0.00000261. The molecule has 144 valence electrons. The highest BCUT2D eigenvalue weighted by Gasteiger charge is 2.09. The van der Waals surface area contributed by atoms with Gasteiger partial charge in [-0.25, -0.2) is 9.98 Å². The van der Waals surface area contributed by atoms with Gasteiger partial charge in [-0.1, -0.05) is 37.3 Å². The molecule has 2 aromatic heterocycles. The van der Waals surface area contributed by atoms with Crippen LogP contribution in [0.2, 0.25) is 0 Å². The van der Waals surface area contributed by atoms with Gasteiger partial charge >= 0.3 is 0 Å². The fourth-order valence-corrected chi connectivity index (χ4v) is 3.20. The van der Waals surface area contributed by atoms with Gasteiger partial charge in [0.1, 0.15) is 5.76 Å². The first-order valence-corrected chi connectivity index (χ1v) is 9.67. The zero-order chi connectivity index (χ0) is 18.0. The number of nitrogens with zero attached hydrogens (tertiary/aromatic N) is 2. The lowest BCUT2D eigenvalue weighted by Gasteiger charge is -2.15. The Bertz CT molecular complexity index is 776. The molecule has 0 aliphatic carbocycles. The van der Waals surface area contributed by atoms with Crippen LogP contribution in [0.4, 0.5) is 0 Å². The van der Waals surface area contributed by atoms with Crippen molar-refractivity contribution >= 4 is 41.3 Å². The van der Waals surface area contributed by atoms with Crippen LogP contribution < -0.4 is 10.6 Å². The number of hydrogen-bond donors (Lipinski definition) is 2. The summed E-state index contributed by atoms with van der Waals surface area (Å²) >= 11 is 1.69. The highest BCUT2D eigenvalue weighted by Crippen LogP contribution is 2.16. The molecule has 0 aliphatic heterocycles. The minimum absolute atomic E-state index is 0. The van der Waals surface area contributed by atoms with Crippen LogP contribution in [0.5, 0.6) is 0 Å². The van der Waals surface area contributed by atoms with E-state index in [1.807, 2.05) is 41.9 Å². The van der Waals surface area contributed by atoms with E-state index in [1.54, 1.807) is 17.6 Å². The lowest BCUT2D eigenvalue weighted by atomic mass is 10.2. The SMILES string of the molecule is CC(CNC(=NCc1ccccc1)NCCc1ccco1)c1nccs1.I. The second kappa shape index (κ2) is 11.8. The van der Waals surface area contributed by atoms with Crippen LogP contribution in [-0.4, -0.2) is 24.0 Å². The number of aromatic nitrogens is 1. The fourth-order valence-electron chi connectivity index (χ4n) is 2.50. The van der Waals surface area contributed by atoms with Crippen LogP contribution in [0, 0.1) is 0 Å². The minimum atomic E-state index is 0. The summed E-state index contributed by atoms with van der Waals surface area (Å²) in [6.07, 6.45) is 4.37. The van der Waals surface area contributed by atoms with Crippen LogP contribution in [0.1, 0.15) is 29.2 Å². The van der Waals surface area contributed by atoms with E-state index >= 15 is 0 Å². The maximum absolute atomic E-state index is 5.38. The van der Waals surface area contributed by atoms with Crippen molar-refractivity contribution in [1.29, 1.82) is 0 Å². The van der Waals surface area contributed by atoms with Crippen molar-refractivity contribution in [2.45, 2.75) is 25.8 Å². The van der Waals surface area contributed by atoms with E-state index in [0.29, 0.717) is 12.5 Å². The number of benzene rings is 1. The summed E-state index contributed by atoms with van der Waals surface area (Å²) < 4.78 is 5.38. The first-order valence-electron chi connectivity index (χ1n) is 8.79. The number of rotatable bonds is 8. The fraction of sp³-hybridized carbons (Fsp3) is 0.300. The molecule has 7 heteroatoms. The van der Waals surface area contributed by atoms with Gasteiger partial charge in [0.05, 0.1) is 17.8 Å². The van der Waals surface area contributed by atoms with E-state index in [0.717, 1.165) is 36.2 Å². The average Bonchev–Trinajstić information content (AvgIpc) is 3.38. The summed E-state index contributed by atoms with van der Waals surface area (Å²) in [6, 6.07) is 14.2. The molecule has 5 nitrogen and oxygen atoms in total. The summed E-state index contributed by atoms with van der Waals surface area (Å²) in [5.41, 5.74) is 1.19. The van der Waals surface area contributed by atoms with E-state index in [2.05, 4.69) is 34.7 Å². The van der Waals surface area contributed by atoms with Crippen LogP contribution in [-0.2, 0) is 13.0 Å². The first kappa shape index (κ1) is 21.4. The number of aliphatic imine (C=N–C) groups is 1. The average molecular weight is 496 g/mol. The monoisotopic (exact) mass is 496 g/mol. The predicted octanol–water partition coefficient (Wildman–Crippen LogP) is 4.44. The van der Waals surface area contributed by atoms with Crippen LogP contribution >= 0.6 is 35.3 Å². The number of nitrogens with one attached hydrogen (secondary N) is 2. The Morgan fingerprint density at radius 1 is 1.19 bits per heavy atom. The zero-order valence-electron chi connectivity index (χ0n) is 15.3. The number of hydrogen-bond acceptors (Lipinski definition) is 4. The van der Waals surface area contributed by atoms with Gasteiger partial charge in [0.2, 0.25) is 0 Å². The Hall–Kier alpha value is -1.87. The molecule has 2 heterocycles. The molecule has 27 heavy (non-hydrogen) atoms. The van der Waals surface area contributed by atoms with Gasteiger partial charge in [-0.15, -0.1) is 35.3 Å². The molecule has 0 saturated heterocycles. The minimum Gasteiger partial charge on any atom is -0.469 e. The molecule has 0 saturated carbocycles. The molecule has 0 spiro atoms. The van der Waals surface area contributed by atoms with Crippen molar-refractivity contribution in [3.63, 3.8) is 0 Å². The largest absolute Gasteiger partial charge is 0.469 e. The Morgan fingerprint density at radius 2 is 2.04 bits per heavy atom. The number of halogens is 1. The molecule has 3 aromatic rings. The molecular formula is C20H25IN4OS. The van der Waals surface area contributed by atoms with Crippen molar-refractivity contribution in [3.05, 3.63) is 76.6 Å². The normalized spacial score (nSPS) is 12.3. The van der Waals surface area contributed by atoms with Gasteiger partial charge in [0, 0.05) is 37.0 Å². The molecule has 0 aliphatic rings. The molecule has 1 atom stereocenters. The van der Waals surface area contributed by atoms with E-state index < -0.39 is 0 Å².